The number of para-hydroxylation sites is 1. The molecule has 0 spiro atoms. The van der Waals surface area contributed by atoms with Gasteiger partial charge in [-0.2, -0.15) is 13.2 Å². The van der Waals surface area contributed by atoms with E-state index in [-0.39, 0.29) is 13.0 Å². The van der Waals surface area contributed by atoms with Crippen molar-refractivity contribution in [3.05, 3.63) is 29.8 Å². The molecule has 0 aromatic heterocycles. The molecule has 0 fully saturated rings. The van der Waals surface area contributed by atoms with Crippen LogP contribution in [-0.2, 0) is 6.42 Å². The van der Waals surface area contributed by atoms with Gasteiger partial charge in [-0.3, -0.25) is 0 Å². The highest BCUT2D eigenvalue weighted by Gasteiger charge is 2.27. The number of carbonyl (C=O) groups is 1. The van der Waals surface area contributed by atoms with Gasteiger partial charge < -0.3 is 15.7 Å². The molecule has 1 rings (SSSR count). The number of hydrogen-bond donors (Lipinski definition) is 3. The Kier molecular flexibility index (Phi) is 7.35. The zero-order valence-electron chi connectivity index (χ0n) is 13.3. The topological polar surface area (TPSA) is 61.4 Å². The number of aliphatic hydroxyl groups excluding tert-OH is 1. The lowest BCUT2D eigenvalue weighted by Crippen LogP contribution is -2.36. The van der Waals surface area contributed by atoms with Gasteiger partial charge in [0.15, 0.2) is 0 Å². The van der Waals surface area contributed by atoms with Crippen molar-refractivity contribution in [3.63, 3.8) is 0 Å². The molecule has 0 saturated carbocycles. The first-order valence-electron chi connectivity index (χ1n) is 7.55. The number of anilines is 1. The molecule has 23 heavy (non-hydrogen) atoms. The van der Waals surface area contributed by atoms with Crippen molar-refractivity contribution in [2.75, 3.05) is 11.9 Å². The van der Waals surface area contributed by atoms with Crippen molar-refractivity contribution >= 4 is 11.7 Å². The van der Waals surface area contributed by atoms with Crippen molar-refractivity contribution in [3.8, 4) is 0 Å². The third-order valence-corrected chi connectivity index (χ3v) is 3.19. The van der Waals surface area contributed by atoms with Crippen molar-refractivity contribution in [1.82, 2.24) is 5.32 Å². The summed E-state index contributed by atoms with van der Waals surface area (Å²) in [6, 6.07) is 5.82. The second kappa shape index (κ2) is 8.76. The SMILES string of the molecule is CC(C)CC(O)CNC(=O)Nc1ccccc1CCC(F)(F)F. The molecular formula is C16H23F3N2O2. The summed E-state index contributed by atoms with van der Waals surface area (Å²) in [5.74, 6) is 0.304. The third-order valence-electron chi connectivity index (χ3n) is 3.19. The Bertz CT molecular complexity index is 504. The van der Waals surface area contributed by atoms with Gasteiger partial charge in [-0.05, 0) is 30.4 Å². The summed E-state index contributed by atoms with van der Waals surface area (Å²) in [6.07, 6.45) is -5.48. The van der Waals surface area contributed by atoms with Crippen LogP contribution in [-0.4, -0.2) is 30.0 Å². The molecule has 0 aliphatic heterocycles. The number of hydrogen-bond acceptors (Lipinski definition) is 2. The number of nitrogens with one attached hydrogen (secondary N) is 2. The standard InChI is InChI=1S/C16H23F3N2O2/c1-11(2)9-13(22)10-20-15(23)21-14-6-4-3-5-12(14)7-8-16(17,18)19/h3-6,11,13,22H,7-10H2,1-2H3,(H2,20,21,23). The highest BCUT2D eigenvalue weighted by atomic mass is 19.4. The quantitative estimate of drug-likeness (QED) is 0.713. The molecule has 0 bridgehead atoms. The number of benzene rings is 1. The van der Waals surface area contributed by atoms with Gasteiger partial charge in [0.2, 0.25) is 0 Å². The van der Waals surface area contributed by atoms with Crippen LogP contribution in [0.1, 0.15) is 32.3 Å². The van der Waals surface area contributed by atoms with Crippen LogP contribution >= 0.6 is 0 Å². The van der Waals surface area contributed by atoms with Crippen LogP contribution in [0, 0.1) is 5.92 Å². The van der Waals surface area contributed by atoms with E-state index >= 15 is 0 Å². The van der Waals surface area contributed by atoms with Crippen LogP contribution in [0.15, 0.2) is 24.3 Å². The van der Waals surface area contributed by atoms with Gasteiger partial charge in [-0.1, -0.05) is 32.0 Å². The molecule has 130 valence electrons. The van der Waals surface area contributed by atoms with Gasteiger partial charge in [-0.15, -0.1) is 0 Å². The predicted molar refractivity (Wildman–Crippen MR) is 83.3 cm³/mol. The summed E-state index contributed by atoms with van der Waals surface area (Å²) >= 11 is 0. The zero-order valence-corrected chi connectivity index (χ0v) is 13.3. The Morgan fingerprint density at radius 3 is 2.52 bits per heavy atom. The third kappa shape index (κ3) is 8.44. The lowest BCUT2D eigenvalue weighted by Gasteiger charge is -2.16. The number of halogens is 3. The van der Waals surface area contributed by atoms with E-state index in [4.69, 9.17) is 0 Å². The van der Waals surface area contributed by atoms with Gasteiger partial charge in [-0.25, -0.2) is 4.79 Å². The normalized spacial score (nSPS) is 13.0. The summed E-state index contributed by atoms with van der Waals surface area (Å²) in [7, 11) is 0. The lowest BCUT2D eigenvalue weighted by molar-refractivity contribution is -0.133. The maximum Gasteiger partial charge on any atom is 0.389 e. The maximum atomic E-state index is 12.3. The molecule has 1 unspecified atom stereocenters. The minimum atomic E-state index is -4.24. The Morgan fingerprint density at radius 2 is 1.91 bits per heavy atom. The molecule has 3 N–H and O–H groups in total. The molecular weight excluding hydrogens is 309 g/mol. The Hall–Kier alpha value is -1.76. The first-order chi connectivity index (χ1) is 10.7. The second-order valence-corrected chi connectivity index (χ2v) is 5.89. The van der Waals surface area contributed by atoms with Gasteiger partial charge >= 0.3 is 12.2 Å². The summed E-state index contributed by atoms with van der Waals surface area (Å²) in [5.41, 5.74) is 0.760. The van der Waals surface area contributed by atoms with E-state index in [9.17, 15) is 23.1 Å². The van der Waals surface area contributed by atoms with Crippen molar-refractivity contribution in [2.45, 2.75) is 45.4 Å². The van der Waals surface area contributed by atoms with Crippen LogP contribution in [0.25, 0.3) is 0 Å². The van der Waals surface area contributed by atoms with E-state index in [0.717, 1.165) is 0 Å². The van der Waals surface area contributed by atoms with Crippen LogP contribution in [0.5, 0.6) is 0 Å². The number of urea groups is 1. The molecule has 4 nitrogen and oxygen atoms in total. The molecule has 0 heterocycles. The average molecular weight is 332 g/mol. The molecule has 0 saturated heterocycles. The fourth-order valence-corrected chi connectivity index (χ4v) is 2.14. The smallest absolute Gasteiger partial charge is 0.389 e. The minimum absolute atomic E-state index is 0.0920. The average Bonchev–Trinajstić information content (AvgIpc) is 2.42. The summed E-state index contributed by atoms with van der Waals surface area (Å²) in [4.78, 5) is 11.8. The molecule has 7 heteroatoms. The molecule has 2 amide bonds. The number of rotatable bonds is 7. The fraction of sp³-hybridized carbons (Fsp3) is 0.562. The zero-order chi connectivity index (χ0) is 17.5. The van der Waals surface area contributed by atoms with E-state index in [1.807, 2.05) is 13.8 Å². The fourth-order valence-electron chi connectivity index (χ4n) is 2.14. The molecule has 1 aromatic rings. The van der Waals surface area contributed by atoms with Crippen LogP contribution < -0.4 is 10.6 Å². The Balaban J connectivity index is 2.54. The molecule has 1 aromatic carbocycles. The summed E-state index contributed by atoms with van der Waals surface area (Å²) in [5, 5.41) is 14.7. The van der Waals surface area contributed by atoms with Crippen LogP contribution in [0.3, 0.4) is 0 Å². The lowest BCUT2D eigenvalue weighted by atomic mass is 10.1. The first kappa shape index (κ1) is 19.3. The van der Waals surface area contributed by atoms with Gasteiger partial charge in [0.05, 0.1) is 6.10 Å². The van der Waals surface area contributed by atoms with E-state index in [0.29, 0.717) is 23.6 Å². The molecule has 0 aliphatic rings. The molecule has 0 aliphatic carbocycles. The van der Waals surface area contributed by atoms with E-state index in [1.165, 1.54) is 0 Å². The van der Waals surface area contributed by atoms with Gasteiger partial charge in [0.1, 0.15) is 0 Å². The molecule has 0 radical (unpaired) electrons. The van der Waals surface area contributed by atoms with Gasteiger partial charge in [0, 0.05) is 18.7 Å². The maximum absolute atomic E-state index is 12.3. The van der Waals surface area contributed by atoms with E-state index < -0.39 is 24.7 Å². The van der Waals surface area contributed by atoms with E-state index in [2.05, 4.69) is 10.6 Å². The van der Waals surface area contributed by atoms with Crippen molar-refractivity contribution in [2.24, 2.45) is 5.92 Å². The van der Waals surface area contributed by atoms with Crippen LogP contribution in [0.2, 0.25) is 0 Å². The highest BCUT2D eigenvalue weighted by Crippen LogP contribution is 2.25. The largest absolute Gasteiger partial charge is 0.391 e. The monoisotopic (exact) mass is 332 g/mol. The Labute approximate surface area is 134 Å². The number of amides is 2. The number of aryl methyl sites for hydroxylation is 1. The number of aliphatic hydroxyl groups is 1. The highest BCUT2D eigenvalue weighted by molar-refractivity contribution is 5.90. The summed E-state index contributed by atoms with van der Waals surface area (Å²) in [6.45, 7) is 4.01. The predicted octanol–water partition coefficient (Wildman–Crippen LogP) is 3.71. The molecule has 1 atom stereocenters. The van der Waals surface area contributed by atoms with E-state index in [1.54, 1.807) is 24.3 Å². The number of alkyl halides is 3. The van der Waals surface area contributed by atoms with Crippen molar-refractivity contribution < 1.29 is 23.1 Å². The number of carbonyl (C=O) groups excluding carboxylic acids is 1. The minimum Gasteiger partial charge on any atom is -0.391 e. The van der Waals surface area contributed by atoms with Gasteiger partial charge in [0.25, 0.3) is 0 Å². The van der Waals surface area contributed by atoms with Crippen LogP contribution in [0.4, 0.5) is 23.7 Å². The van der Waals surface area contributed by atoms with Crippen molar-refractivity contribution in [1.29, 1.82) is 0 Å². The first-order valence-corrected chi connectivity index (χ1v) is 7.55. The second-order valence-electron chi connectivity index (χ2n) is 5.89. The Morgan fingerprint density at radius 1 is 1.26 bits per heavy atom. The summed E-state index contributed by atoms with van der Waals surface area (Å²) < 4.78 is 37.0.